The largest absolute Gasteiger partial charge is 0.387 e. The number of nitrogens with zero attached hydrogens (tertiary/aromatic N) is 1. The van der Waals surface area contributed by atoms with Gasteiger partial charge in [0.1, 0.15) is 5.01 Å². The number of rotatable bonds is 3. The zero-order chi connectivity index (χ0) is 8.27. The van der Waals surface area contributed by atoms with Crippen LogP contribution >= 0.6 is 23.1 Å². The summed E-state index contributed by atoms with van der Waals surface area (Å²) in [5.74, 6) is 0.942. The molecule has 11 heavy (non-hydrogen) atoms. The number of hydrogen-bond acceptors (Lipinski definition) is 4. The lowest BCUT2D eigenvalue weighted by Gasteiger charge is -1.95. The maximum atomic E-state index is 9.14. The molecule has 1 rings (SSSR count). The van der Waals surface area contributed by atoms with Gasteiger partial charge in [-0.15, -0.1) is 11.3 Å². The third-order valence-corrected chi connectivity index (χ3v) is 2.88. The Labute approximate surface area is 74.7 Å². The highest BCUT2D eigenvalue weighted by Crippen LogP contribution is 2.18. The maximum absolute atomic E-state index is 9.14. The molecule has 4 heteroatoms. The van der Waals surface area contributed by atoms with Gasteiger partial charge in [-0.25, -0.2) is 4.98 Å². The van der Waals surface area contributed by atoms with Crippen LogP contribution in [0, 0.1) is 0 Å². The van der Waals surface area contributed by atoms with Crippen molar-refractivity contribution in [2.45, 2.75) is 18.8 Å². The lowest BCUT2D eigenvalue weighted by atomic mass is 10.3. The zero-order valence-electron chi connectivity index (χ0n) is 6.57. The van der Waals surface area contributed by atoms with E-state index in [1.54, 1.807) is 30.0 Å². The molecule has 0 saturated carbocycles. The first-order chi connectivity index (χ1) is 5.24. The molecule has 1 unspecified atom stereocenters. The van der Waals surface area contributed by atoms with Crippen molar-refractivity contribution in [2.24, 2.45) is 0 Å². The molecule has 0 aliphatic carbocycles. The number of aromatic nitrogens is 1. The summed E-state index contributed by atoms with van der Waals surface area (Å²) >= 11 is 3.36. The van der Waals surface area contributed by atoms with Crippen LogP contribution in [-0.4, -0.2) is 16.3 Å². The molecule has 0 fully saturated rings. The molecule has 1 aromatic rings. The highest BCUT2D eigenvalue weighted by molar-refractivity contribution is 7.97. The summed E-state index contributed by atoms with van der Waals surface area (Å²) in [4.78, 5) is 4.25. The van der Waals surface area contributed by atoms with Gasteiger partial charge in [-0.05, 0) is 13.2 Å². The minimum Gasteiger partial charge on any atom is -0.387 e. The topological polar surface area (TPSA) is 33.1 Å². The Balaban J connectivity index is 2.66. The van der Waals surface area contributed by atoms with Crippen molar-refractivity contribution >= 4 is 23.1 Å². The minimum absolute atomic E-state index is 0.429. The van der Waals surface area contributed by atoms with Crippen LogP contribution in [0.3, 0.4) is 0 Å². The second kappa shape index (κ2) is 4.09. The van der Waals surface area contributed by atoms with Crippen molar-refractivity contribution in [2.75, 3.05) is 6.26 Å². The zero-order valence-corrected chi connectivity index (χ0v) is 8.21. The monoisotopic (exact) mass is 189 g/mol. The van der Waals surface area contributed by atoms with Crippen molar-refractivity contribution in [1.82, 2.24) is 4.98 Å². The van der Waals surface area contributed by atoms with Crippen LogP contribution in [0.2, 0.25) is 0 Å². The van der Waals surface area contributed by atoms with E-state index in [9.17, 15) is 0 Å². The van der Waals surface area contributed by atoms with E-state index >= 15 is 0 Å². The van der Waals surface area contributed by atoms with Crippen LogP contribution in [0.5, 0.6) is 0 Å². The molecule has 0 amide bonds. The van der Waals surface area contributed by atoms with Gasteiger partial charge >= 0.3 is 0 Å². The Hall–Kier alpha value is -0.0600. The van der Waals surface area contributed by atoms with Crippen molar-refractivity contribution < 1.29 is 5.11 Å². The summed E-state index contributed by atoms with van der Waals surface area (Å²) < 4.78 is 0. The van der Waals surface area contributed by atoms with Crippen LogP contribution < -0.4 is 0 Å². The lowest BCUT2D eigenvalue weighted by molar-refractivity contribution is 0.195. The number of hydrogen-bond donors (Lipinski definition) is 1. The van der Waals surface area contributed by atoms with Gasteiger partial charge in [-0.3, -0.25) is 0 Å². The molecule has 0 aliphatic rings. The summed E-state index contributed by atoms with van der Waals surface area (Å²) in [6.45, 7) is 1.73. The third kappa shape index (κ3) is 2.47. The fourth-order valence-corrected chi connectivity index (χ4v) is 2.31. The Morgan fingerprint density at radius 3 is 3.00 bits per heavy atom. The van der Waals surface area contributed by atoms with Gasteiger partial charge in [0.15, 0.2) is 0 Å². The Bertz CT molecular complexity index is 222. The Kier molecular flexibility index (Phi) is 3.36. The van der Waals surface area contributed by atoms with Gasteiger partial charge in [0.05, 0.1) is 11.8 Å². The van der Waals surface area contributed by atoms with Crippen LogP contribution in [0.4, 0.5) is 0 Å². The molecule has 0 bridgehead atoms. The second-order valence-corrected chi connectivity index (χ2v) is 4.08. The van der Waals surface area contributed by atoms with Crippen molar-refractivity contribution in [1.29, 1.82) is 0 Å². The van der Waals surface area contributed by atoms with E-state index in [1.807, 2.05) is 11.6 Å². The first-order valence-corrected chi connectivity index (χ1v) is 5.62. The number of thiazole rings is 1. The molecule has 1 heterocycles. The highest BCUT2D eigenvalue weighted by atomic mass is 32.2. The van der Waals surface area contributed by atoms with E-state index in [4.69, 9.17) is 5.11 Å². The van der Waals surface area contributed by atoms with Crippen LogP contribution in [0.15, 0.2) is 5.38 Å². The van der Waals surface area contributed by atoms with E-state index in [1.165, 1.54) is 0 Å². The standard InChI is InChI=1S/C7H11NOS2/c1-5(9)6-3-11-7(8-6)4-10-2/h3,5,9H,4H2,1-2H3. The lowest BCUT2D eigenvalue weighted by Crippen LogP contribution is -1.90. The first-order valence-electron chi connectivity index (χ1n) is 3.35. The van der Waals surface area contributed by atoms with E-state index in [0.717, 1.165) is 16.5 Å². The molecule has 1 aromatic heterocycles. The van der Waals surface area contributed by atoms with Crippen LogP contribution in [-0.2, 0) is 5.75 Å². The molecule has 1 atom stereocenters. The fourth-order valence-electron chi connectivity index (χ4n) is 0.707. The number of aliphatic hydroxyl groups excluding tert-OH is 1. The number of thioether (sulfide) groups is 1. The molecule has 0 radical (unpaired) electrons. The molecular formula is C7H11NOS2. The minimum atomic E-state index is -0.429. The smallest absolute Gasteiger partial charge is 0.103 e. The Morgan fingerprint density at radius 1 is 1.82 bits per heavy atom. The summed E-state index contributed by atoms with van der Waals surface area (Å²) in [6, 6.07) is 0. The molecule has 0 aliphatic heterocycles. The van der Waals surface area contributed by atoms with Gasteiger partial charge < -0.3 is 5.11 Å². The average Bonchev–Trinajstić information content (AvgIpc) is 2.37. The molecule has 0 saturated heterocycles. The van der Waals surface area contributed by atoms with Gasteiger partial charge in [0.25, 0.3) is 0 Å². The van der Waals surface area contributed by atoms with Gasteiger partial charge in [-0.2, -0.15) is 11.8 Å². The second-order valence-electron chi connectivity index (χ2n) is 2.28. The van der Waals surface area contributed by atoms with Crippen molar-refractivity contribution in [3.63, 3.8) is 0 Å². The molecule has 62 valence electrons. The van der Waals surface area contributed by atoms with E-state index < -0.39 is 6.10 Å². The van der Waals surface area contributed by atoms with Gasteiger partial charge in [-0.1, -0.05) is 0 Å². The van der Waals surface area contributed by atoms with E-state index in [2.05, 4.69) is 4.98 Å². The van der Waals surface area contributed by atoms with Crippen LogP contribution in [0.1, 0.15) is 23.7 Å². The predicted molar refractivity (Wildman–Crippen MR) is 50.0 cm³/mol. The highest BCUT2D eigenvalue weighted by Gasteiger charge is 2.05. The first kappa shape index (κ1) is 9.03. The molecule has 2 nitrogen and oxygen atoms in total. The summed E-state index contributed by atoms with van der Waals surface area (Å²) in [7, 11) is 0. The SMILES string of the molecule is CSCc1nc(C(C)O)cs1. The quantitative estimate of drug-likeness (QED) is 0.790. The van der Waals surface area contributed by atoms with Crippen LogP contribution in [0.25, 0.3) is 0 Å². The van der Waals surface area contributed by atoms with Crippen molar-refractivity contribution in [3.05, 3.63) is 16.1 Å². The maximum Gasteiger partial charge on any atom is 0.103 e. The fraction of sp³-hybridized carbons (Fsp3) is 0.571. The normalized spacial score (nSPS) is 13.4. The summed E-state index contributed by atoms with van der Waals surface area (Å²) in [6.07, 6.45) is 1.62. The molecule has 0 spiro atoms. The summed E-state index contributed by atoms with van der Waals surface area (Å²) in [5.41, 5.74) is 0.791. The van der Waals surface area contributed by atoms with Crippen molar-refractivity contribution in [3.8, 4) is 0 Å². The number of aliphatic hydroxyl groups is 1. The summed E-state index contributed by atoms with van der Waals surface area (Å²) in [5, 5.41) is 12.1. The predicted octanol–water partition coefficient (Wildman–Crippen LogP) is 2.06. The van der Waals surface area contributed by atoms with E-state index in [0.29, 0.717) is 0 Å². The average molecular weight is 189 g/mol. The van der Waals surface area contributed by atoms with Gasteiger partial charge in [0.2, 0.25) is 0 Å². The molecular weight excluding hydrogens is 178 g/mol. The third-order valence-electron chi connectivity index (χ3n) is 1.27. The van der Waals surface area contributed by atoms with E-state index in [-0.39, 0.29) is 0 Å². The van der Waals surface area contributed by atoms with Gasteiger partial charge in [0, 0.05) is 11.1 Å². The Morgan fingerprint density at radius 2 is 2.55 bits per heavy atom. The molecule has 1 N–H and O–H groups in total. The molecule has 0 aromatic carbocycles.